The highest BCUT2D eigenvalue weighted by molar-refractivity contribution is 7.09. The number of aryl methyl sites for hydroxylation is 1. The molecule has 1 aromatic heterocycles. The van der Waals surface area contributed by atoms with Crippen molar-refractivity contribution >= 4 is 17.3 Å². The molecule has 1 aliphatic rings. The first kappa shape index (κ1) is 14.5. The zero-order chi connectivity index (χ0) is 14.0. The summed E-state index contributed by atoms with van der Waals surface area (Å²) < 4.78 is 0. The van der Waals surface area contributed by atoms with Crippen LogP contribution in [0, 0.1) is 18.3 Å². The summed E-state index contributed by atoms with van der Waals surface area (Å²) in [5, 5.41) is 12.5. The molecule has 1 atom stereocenters. The second-order valence-corrected chi connectivity index (χ2v) is 6.93. The van der Waals surface area contributed by atoms with E-state index in [1.54, 1.807) is 11.3 Å². The van der Waals surface area contributed by atoms with E-state index < -0.39 is 11.4 Å². The molecule has 106 valence electrons. The summed E-state index contributed by atoms with van der Waals surface area (Å²) >= 11 is 1.69. The molecule has 19 heavy (non-hydrogen) atoms. The van der Waals surface area contributed by atoms with Crippen LogP contribution in [0.25, 0.3) is 0 Å². The molecule has 1 aliphatic heterocycles. The molecule has 1 aromatic rings. The van der Waals surface area contributed by atoms with Crippen LogP contribution in [0.2, 0.25) is 0 Å². The maximum Gasteiger partial charge on any atom is 0.309 e. The lowest BCUT2D eigenvalue weighted by Crippen LogP contribution is -2.44. The molecule has 2 heterocycles. The predicted molar refractivity (Wildman–Crippen MR) is 76.3 cm³/mol. The highest BCUT2D eigenvalue weighted by atomic mass is 32.1. The first-order chi connectivity index (χ1) is 8.89. The lowest BCUT2D eigenvalue weighted by Gasteiger charge is -2.38. The third-order valence-corrected chi connectivity index (χ3v) is 5.05. The van der Waals surface area contributed by atoms with Gasteiger partial charge in [0.05, 0.1) is 12.0 Å². The summed E-state index contributed by atoms with van der Waals surface area (Å²) in [5.41, 5.74) is 0.428. The fourth-order valence-corrected chi connectivity index (χ4v) is 3.44. The lowest BCUT2D eigenvalue weighted by molar-refractivity contribution is -0.151. The van der Waals surface area contributed by atoms with Gasteiger partial charge in [0.2, 0.25) is 0 Å². The Balaban J connectivity index is 1.99. The summed E-state index contributed by atoms with van der Waals surface area (Å²) in [6.07, 6.45) is 2.08. The van der Waals surface area contributed by atoms with Gasteiger partial charge >= 0.3 is 5.97 Å². The van der Waals surface area contributed by atoms with Gasteiger partial charge in [0.25, 0.3) is 0 Å². The second-order valence-electron chi connectivity index (χ2n) is 5.98. The van der Waals surface area contributed by atoms with E-state index in [1.807, 2.05) is 20.8 Å². The second kappa shape index (κ2) is 5.59. The highest BCUT2D eigenvalue weighted by Gasteiger charge is 2.39. The molecule has 0 radical (unpaired) electrons. The number of hydrogen-bond donors (Lipinski definition) is 1. The first-order valence-electron chi connectivity index (χ1n) is 6.76. The Bertz CT molecular complexity index is 456. The van der Waals surface area contributed by atoms with Crippen molar-refractivity contribution in [2.24, 2.45) is 11.3 Å². The topological polar surface area (TPSA) is 53.4 Å². The molecule has 0 aliphatic carbocycles. The monoisotopic (exact) mass is 282 g/mol. The van der Waals surface area contributed by atoms with E-state index in [2.05, 4.69) is 15.3 Å². The lowest BCUT2D eigenvalue weighted by atomic mass is 9.74. The van der Waals surface area contributed by atoms with Crippen LogP contribution >= 0.6 is 11.3 Å². The van der Waals surface area contributed by atoms with Crippen LogP contribution in [0.15, 0.2) is 5.38 Å². The Kier molecular flexibility index (Phi) is 4.26. The number of carbonyl (C=O) groups is 1. The molecule has 5 heteroatoms. The van der Waals surface area contributed by atoms with E-state index in [1.165, 1.54) is 0 Å². The maximum absolute atomic E-state index is 11.4. The Morgan fingerprint density at radius 1 is 1.63 bits per heavy atom. The number of aliphatic carboxylic acids is 1. The zero-order valence-electron chi connectivity index (χ0n) is 11.8. The number of piperidine rings is 1. The Morgan fingerprint density at radius 2 is 2.37 bits per heavy atom. The fraction of sp³-hybridized carbons (Fsp3) is 0.714. The maximum atomic E-state index is 11.4. The van der Waals surface area contributed by atoms with E-state index in [4.69, 9.17) is 0 Å². The minimum absolute atomic E-state index is 0.222. The number of likely N-dealkylation sites (tertiary alicyclic amines) is 1. The molecule has 0 saturated carbocycles. The number of nitrogens with zero attached hydrogens (tertiary/aromatic N) is 2. The van der Waals surface area contributed by atoms with E-state index in [0.717, 1.165) is 43.2 Å². The van der Waals surface area contributed by atoms with Gasteiger partial charge in [0.1, 0.15) is 5.01 Å². The first-order valence-corrected chi connectivity index (χ1v) is 7.64. The Labute approximate surface area is 118 Å². The highest BCUT2D eigenvalue weighted by Crippen LogP contribution is 2.34. The van der Waals surface area contributed by atoms with Crippen LogP contribution in [0.3, 0.4) is 0 Å². The van der Waals surface area contributed by atoms with Gasteiger partial charge < -0.3 is 5.11 Å². The molecule has 1 unspecified atom stereocenters. The van der Waals surface area contributed by atoms with Crippen molar-refractivity contribution in [1.29, 1.82) is 0 Å². The van der Waals surface area contributed by atoms with E-state index in [-0.39, 0.29) is 5.92 Å². The molecule has 0 spiro atoms. The SMILES string of the molecule is Cc1csc(CN2CCCC(C(C)(C)C(=O)O)C2)n1. The average molecular weight is 282 g/mol. The van der Waals surface area contributed by atoms with Crippen LogP contribution in [-0.4, -0.2) is 34.0 Å². The van der Waals surface area contributed by atoms with Crippen LogP contribution in [-0.2, 0) is 11.3 Å². The van der Waals surface area contributed by atoms with Crippen molar-refractivity contribution in [2.45, 2.75) is 40.2 Å². The van der Waals surface area contributed by atoms with Crippen LogP contribution < -0.4 is 0 Å². The van der Waals surface area contributed by atoms with E-state index in [0.29, 0.717) is 0 Å². The van der Waals surface area contributed by atoms with Crippen molar-refractivity contribution in [1.82, 2.24) is 9.88 Å². The Hall–Kier alpha value is -0.940. The summed E-state index contributed by atoms with van der Waals surface area (Å²) in [5.74, 6) is -0.468. The molecule has 0 bridgehead atoms. The Morgan fingerprint density at radius 3 is 2.95 bits per heavy atom. The largest absolute Gasteiger partial charge is 0.481 e. The molecule has 2 rings (SSSR count). The molecule has 1 saturated heterocycles. The van der Waals surface area contributed by atoms with Gasteiger partial charge in [-0.2, -0.15) is 0 Å². The number of hydrogen-bond acceptors (Lipinski definition) is 4. The summed E-state index contributed by atoms with van der Waals surface area (Å²) in [6, 6.07) is 0. The van der Waals surface area contributed by atoms with E-state index >= 15 is 0 Å². The number of carboxylic acids is 1. The fourth-order valence-electron chi connectivity index (χ4n) is 2.63. The molecule has 4 nitrogen and oxygen atoms in total. The van der Waals surface area contributed by atoms with Gasteiger partial charge in [0, 0.05) is 17.6 Å². The normalized spacial score (nSPS) is 21.5. The molecule has 0 aromatic carbocycles. The smallest absolute Gasteiger partial charge is 0.309 e. The summed E-state index contributed by atoms with van der Waals surface area (Å²) in [7, 11) is 0. The third-order valence-electron chi connectivity index (χ3n) is 4.10. The molecule has 1 N–H and O–H groups in total. The molecule has 1 fully saturated rings. The minimum Gasteiger partial charge on any atom is -0.481 e. The molecular weight excluding hydrogens is 260 g/mol. The number of rotatable bonds is 4. The van der Waals surface area contributed by atoms with Crippen molar-refractivity contribution in [3.8, 4) is 0 Å². The van der Waals surface area contributed by atoms with Gasteiger partial charge in [-0.1, -0.05) is 0 Å². The average Bonchev–Trinajstić information content (AvgIpc) is 2.75. The standard InChI is InChI=1S/C14H22N2O2S/c1-10-9-19-12(15-10)8-16-6-4-5-11(7-16)14(2,3)13(17)18/h9,11H,4-8H2,1-3H3,(H,17,18). The molecular formula is C14H22N2O2S. The third kappa shape index (κ3) is 3.34. The van der Waals surface area contributed by atoms with Crippen molar-refractivity contribution in [3.05, 3.63) is 16.1 Å². The number of aromatic nitrogens is 1. The molecule has 0 amide bonds. The van der Waals surface area contributed by atoms with E-state index in [9.17, 15) is 9.90 Å². The zero-order valence-corrected chi connectivity index (χ0v) is 12.7. The van der Waals surface area contributed by atoms with Gasteiger partial charge in [0.15, 0.2) is 0 Å². The summed E-state index contributed by atoms with van der Waals surface area (Å²) in [6.45, 7) is 8.45. The van der Waals surface area contributed by atoms with Crippen molar-refractivity contribution < 1.29 is 9.90 Å². The number of carboxylic acid groups (broad SMARTS) is 1. The van der Waals surface area contributed by atoms with Gasteiger partial charge in [-0.25, -0.2) is 4.98 Å². The van der Waals surface area contributed by atoms with Crippen LogP contribution in [0.4, 0.5) is 0 Å². The minimum atomic E-state index is -0.690. The number of thiazole rings is 1. The van der Waals surface area contributed by atoms with Crippen molar-refractivity contribution in [3.63, 3.8) is 0 Å². The van der Waals surface area contributed by atoms with Crippen LogP contribution in [0.1, 0.15) is 37.4 Å². The quantitative estimate of drug-likeness (QED) is 0.922. The predicted octanol–water partition coefficient (Wildman–Crippen LogP) is 2.77. The van der Waals surface area contributed by atoms with Gasteiger partial charge in [-0.05, 0) is 46.1 Å². The van der Waals surface area contributed by atoms with Crippen LogP contribution in [0.5, 0.6) is 0 Å². The summed E-state index contributed by atoms with van der Waals surface area (Å²) in [4.78, 5) is 18.2. The van der Waals surface area contributed by atoms with Gasteiger partial charge in [-0.15, -0.1) is 11.3 Å². The van der Waals surface area contributed by atoms with Crippen molar-refractivity contribution in [2.75, 3.05) is 13.1 Å². The van der Waals surface area contributed by atoms with Gasteiger partial charge in [-0.3, -0.25) is 9.69 Å².